The normalized spacial score (nSPS) is 43.7. The summed E-state index contributed by atoms with van der Waals surface area (Å²) in [5.74, 6) is 0.970. The first-order valence-electron chi connectivity index (χ1n) is 13.3. The van der Waals surface area contributed by atoms with Gasteiger partial charge in [-0.25, -0.2) is 0 Å². The van der Waals surface area contributed by atoms with Crippen LogP contribution in [0.5, 0.6) is 0 Å². The van der Waals surface area contributed by atoms with Crippen molar-refractivity contribution < 1.29 is 29.5 Å². The first-order chi connectivity index (χ1) is 16.6. The van der Waals surface area contributed by atoms with Gasteiger partial charge >= 0.3 is 11.9 Å². The van der Waals surface area contributed by atoms with Crippen molar-refractivity contribution >= 4 is 23.4 Å². The van der Waals surface area contributed by atoms with E-state index in [1.807, 2.05) is 0 Å². The highest BCUT2D eigenvalue weighted by molar-refractivity contribution is 5.96. The van der Waals surface area contributed by atoms with E-state index < -0.39 is 0 Å². The van der Waals surface area contributed by atoms with Crippen molar-refractivity contribution in [3.8, 4) is 0 Å². The zero-order valence-corrected chi connectivity index (χ0v) is 21.8. The van der Waals surface area contributed by atoms with Crippen LogP contribution in [0.1, 0.15) is 85.5 Å². The Morgan fingerprint density at radius 3 is 2.49 bits per heavy atom. The molecule has 0 bridgehead atoms. The molecule has 2 N–H and O–H groups in total. The molecule has 8 nitrogen and oxygen atoms in total. The van der Waals surface area contributed by atoms with E-state index in [0.717, 1.165) is 49.9 Å². The molecule has 0 spiro atoms. The summed E-state index contributed by atoms with van der Waals surface area (Å²) in [6.07, 6.45) is 6.97. The maximum Gasteiger partial charge on any atom is 0.305 e. The Morgan fingerprint density at radius 2 is 1.86 bits per heavy atom. The molecule has 0 aliphatic heterocycles. The van der Waals surface area contributed by atoms with E-state index in [1.54, 1.807) is 0 Å². The van der Waals surface area contributed by atoms with E-state index in [4.69, 9.17) is 9.47 Å². The lowest BCUT2D eigenvalue weighted by molar-refractivity contribution is -0.153. The lowest BCUT2D eigenvalue weighted by Crippen LogP contribution is -2.60. The zero-order chi connectivity index (χ0) is 25.5. The number of nitrogens with zero attached hydrogens (tertiary/aromatic N) is 2. The van der Waals surface area contributed by atoms with Gasteiger partial charge in [0.1, 0.15) is 6.10 Å². The summed E-state index contributed by atoms with van der Waals surface area (Å²) in [5.41, 5.74) is 1.41. The van der Waals surface area contributed by atoms with Crippen LogP contribution in [0.15, 0.2) is 10.3 Å². The predicted molar refractivity (Wildman–Crippen MR) is 130 cm³/mol. The van der Waals surface area contributed by atoms with Gasteiger partial charge in [-0.2, -0.15) is 0 Å². The highest BCUT2D eigenvalue weighted by Crippen LogP contribution is 2.67. The molecule has 0 radical (unpaired) electrons. The first-order valence-corrected chi connectivity index (χ1v) is 13.3. The van der Waals surface area contributed by atoms with Gasteiger partial charge in [-0.15, -0.1) is 0 Å². The smallest absolute Gasteiger partial charge is 0.305 e. The Labute approximate surface area is 208 Å². The van der Waals surface area contributed by atoms with E-state index in [9.17, 15) is 20.0 Å². The van der Waals surface area contributed by atoms with E-state index in [2.05, 4.69) is 31.1 Å². The topological polar surface area (TPSA) is 118 Å². The molecule has 0 aromatic rings. The van der Waals surface area contributed by atoms with Crippen molar-refractivity contribution in [2.75, 3.05) is 7.11 Å². The molecular formula is C27H42N2O6. The monoisotopic (exact) mass is 490 g/mol. The third-order valence-corrected chi connectivity index (χ3v) is 10.7. The molecule has 0 unspecified atom stereocenters. The third-order valence-electron chi connectivity index (χ3n) is 10.7. The largest absolute Gasteiger partial charge is 0.469 e. The van der Waals surface area contributed by atoms with E-state index in [1.165, 1.54) is 14.0 Å². The third kappa shape index (κ3) is 4.25. The van der Waals surface area contributed by atoms with Gasteiger partial charge in [-0.05, 0) is 86.4 Å². The van der Waals surface area contributed by atoms with Crippen molar-refractivity contribution in [3.63, 3.8) is 0 Å². The predicted octanol–water partition coefficient (Wildman–Crippen LogP) is 5.05. The number of carbonyl (C=O) groups is 2. The lowest BCUT2D eigenvalue weighted by Gasteiger charge is -2.61. The van der Waals surface area contributed by atoms with Crippen molar-refractivity contribution in [2.45, 2.75) is 91.6 Å². The minimum Gasteiger partial charge on any atom is -0.469 e. The Kier molecular flexibility index (Phi) is 7.22. The summed E-state index contributed by atoms with van der Waals surface area (Å²) in [4.78, 5) is 23.4. The van der Waals surface area contributed by atoms with Crippen molar-refractivity contribution in [2.24, 2.45) is 56.6 Å². The number of rotatable bonds is 5. The van der Waals surface area contributed by atoms with Crippen molar-refractivity contribution in [1.29, 1.82) is 0 Å². The van der Waals surface area contributed by atoms with Crippen LogP contribution in [0.25, 0.3) is 0 Å². The van der Waals surface area contributed by atoms with Gasteiger partial charge in [0.25, 0.3) is 0 Å². The van der Waals surface area contributed by atoms with Crippen LogP contribution in [0, 0.1) is 46.3 Å². The van der Waals surface area contributed by atoms with Gasteiger partial charge in [-0.3, -0.25) is 9.59 Å². The van der Waals surface area contributed by atoms with E-state index in [0.29, 0.717) is 19.3 Å². The summed E-state index contributed by atoms with van der Waals surface area (Å²) in [5, 5.41) is 28.2. The number of methoxy groups -OCH3 is 1. The van der Waals surface area contributed by atoms with Gasteiger partial charge in [0, 0.05) is 24.7 Å². The van der Waals surface area contributed by atoms with Crippen LogP contribution in [0.4, 0.5) is 0 Å². The molecule has 4 saturated carbocycles. The van der Waals surface area contributed by atoms with Crippen LogP contribution in [0.2, 0.25) is 0 Å². The van der Waals surface area contributed by atoms with Crippen LogP contribution in [-0.2, 0) is 19.1 Å². The summed E-state index contributed by atoms with van der Waals surface area (Å²) >= 11 is 0. The molecule has 4 rings (SSSR count). The number of esters is 2. The second-order valence-electron chi connectivity index (χ2n) is 12.1. The van der Waals surface area contributed by atoms with E-state index >= 15 is 0 Å². The van der Waals surface area contributed by atoms with Crippen LogP contribution < -0.4 is 0 Å². The van der Waals surface area contributed by atoms with Crippen LogP contribution >= 0.6 is 0 Å². The maximum absolute atomic E-state index is 11.8. The summed E-state index contributed by atoms with van der Waals surface area (Å²) in [6.45, 7) is 8.23. The number of ether oxygens (including phenoxy) is 2. The second-order valence-corrected chi connectivity index (χ2v) is 12.1. The standard InChI is InChI=1S/C27H42N2O6/c1-15(6-9-24(31)34-5)19-7-8-20-25-21(14-23(29-33)27(19,20)4)26(3)11-10-18(35-16(2)30)12-17(26)13-22(25)28-32/h15,17-21,25,32-33H,6-14H2,1-5H3/b28-22+,29-23+/t15-,17+,18-,19-,20+,21+,25+,26+,27-/m1/s1. The lowest BCUT2D eigenvalue weighted by atomic mass is 9.43. The molecule has 0 saturated heterocycles. The molecule has 0 amide bonds. The molecule has 35 heavy (non-hydrogen) atoms. The first kappa shape index (κ1) is 26.0. The number of carbonyl (C=O) groups excluding carboxylic acids is 2. The van der Waals surface area contributed by atoms with Crippen LogP contribution in [0.3, 0.4) is 0 Å². The van der Waals surface area contributed by atoms with Crippen molar-refractivity contribution in [3.05, 3.63) is 0 Å². The maximum atomic E-state index is 11.8. The van der Waals surface area contributed by atoms with Crippen molar-refractivity contribution in [1.82, 2.24) is 0 Å². The number of hydrogen-bond donors (Lipinski definition) is 2. The average molecular weight is 491 g/mol. The molecule has 0 aromatic carbocycles. The van der Waals surface area contributed by atoms with Gasteiger partial charge in [0.2, 0.25) is 0 Å². The summed E-state index contributed by atoms with van der Waals surface area (Å²) in [6, 6.07) is 0. The quantitative estimate of drug-likeness (QED) is 0.316. The highest BCUT2D eigenvalue weighted by Gasteiger charge is 2.65. The van der Waals surface area contributed by atoms with Gasteiger partial charge < -0.3 is 19.9 Å². The molecule has 0 heterocycles. The molecule has 9 atom stereocenters. The van der Waals surface area contributed by atoms with Crippen LogP contribution in [-0.4, -0.2) is 47.0 Å². The molecule has 0 aromatic heterocycles. The molecule has 8 heteroatoms. The molecule has 4 aliphatic rings. The molecule has 4 aliphatic carbocycles. The minimum atomic E-state index is -0.306. The van der Waals surface area contributed by atoms with Gasteiger partial charge in [-0.1, -0.05) is 31.1 Å². The summed E-state index contributed by atoms with van der Waals surface area (Å²) < 4.78 is 10.4. The van der Waals surface area contributed by atoms with Gasteiger partial charge in [0.15, 0.2) is 0 Å². The summed E-state index contributed by atoms with van der Waals surface area (Å²) in [7, 11) is 1.42. The molecule has 4 fully saturated rings. The zero-order valence-electron chi connectivity index (χ0n) is 21.8. The number of hydrogen-bond acceptors (Lipinski definition) is 8. The molecule has 196 valence electrons. The fourth-order valence-electron chi connectivity index (χ4n) is 8.85. The van der Waals surface area contributed by atoms with E-state index in [-0.39, 0.29) is 64.4 Å². The highest BCUT2D eigenvalue weighted by atomic mass is 16.5. The second kappa shape index (κ2) is 9.74. The number of fused-ring (bicyclic) bond motifs is 5. The Bertz CT molecular complexity index is 902. The minimum absolute atomic E-state index is 0.00135. The number of oxime groups is 2. The fraction of sp³-hybridized carbons (Fsp3) is 0.852. The SMILES string of the molecule is COC(=O)CC[C@@H](C)[C@H]1CC[C@H]2[C@@H]3/C(=N/O)C[C@@H]4C[C@H](OC(C)=O)CC[C@]4(C)[C@H]3C/C(=N\O)[C@]12C. The average Bonchev–Trinajstić information content (AvgIpc) is 3.19. The molecular weight excluding hydrogens is 448 g/mol. The van der Waals surface area contributed by atoms with Gasteiger partial charge in [0.05, 0.1) is 18.5 Å². The Balaban J connectivity index is 1.63. The Hall–Kier alpha value is -2.12. The fourth-order valence-corrected chi connectivity index (χ4v) is 8.85. The Morgan fingerprint density at radius 1 is 1.11 bits per heavy atom.